The summed E-state index contributed by atoms with van der Waals surface area (Å²) in [6, 6.07) is 2.18. The molecule has 1 aromatic rings. The molecule has 1 aliphatic rings. The second-order valence-corrected chi connectivity index (χ2v) is 5.96. The van der Waals surface area contributed by atoms with Crippen LogP contribution in [0, 0.1) is 0 Å². The minimum atomic E-state index is -0.00409. The molecular weight excluding hydrogens is 232 g/mol. The van der Waals surface area contributed by atoms with Crippen LogP contribution in [0.4, 0.5) is 5.82 Å². The molecule has 2 rings (SSSR count). The predicted octanol–water partition coefficient (Wildman–Crippen LogP) is 2.94. The second kappa shape index (κ2) is 4.78. The van der Waals surface area contributed by atoms with Gasteiger partial charge in [0.1, 0.15) is 0 Å². The van der Waals surface area contributed by atoms with Gasteiger partial charge in [-0.05, 0) is 19.4 Å². The molecule has 0 spiro atoms. The molecule has 0 bridgehead atoms. The van der Waals surface area contributed by atoms with Crippen molar-refractivity contribution in [1.82, 2.24) is 4.98 Å². The van der Waals surface area contributed by atoms with E-state index in [9.17, 15) is 0 Å². The van der Waals surface area contributed by atoms with Gasteiger partial charge < -0.3 is 5.11 Å². The molecule has 0 saturated heterocycles. The van der Waals surface area contributed by atoms with E-state index in [1.165, 1.54) is 5.56 Å². The number of fused-ring (bicyclic) bond motifs is 1. The first-order valence-electron chi connectivity index (χ1n) is 5.85. The molecule has 0 aromatic carbocycles. The lowest BCUT2D eigenvalue weighted by Crippen LogP contribution is -2.22. The first-order valence-corrected chi connectivity index (χ1v) is 6.84. The maximum Gasteiger partial charge on any atom is 0.155 e. The lowest BCUT2D eigenvalue weighted by molar-refractivity contribution is 0.296. The summed E-state index contributed by atoms with van der Waals surface area (Å²) in [5, 5.41) is 8.77. The molecule has 0 aliphatic carbocycles. The Balaban J connectivity index is 2.20. The number of rotatable bonds is 4. The molecule has 0 unspecified atom stereocenters. The van der Waals surface area contributed by atoms with Crippen molar-refractivity contribution >= 4 is 23.3 Å². The van der Waals surface area contributed by atoms with Gasteiger partial charge in [-0.15, -0.1) is 11.8 Å². The van der Waals surface area contributed by atoms with E-state index < -0.39 is 0 Å². The molecule has 3 nitrogen and oxygen atoms in total. The van der Waals surface area contributed by atoms with Crippen LogP contribution in [0.5, 0.6) is 0 Å². The van der Waals surface area contributed by atoms with Crippen LogP contribution in [0.1, 0.15) is 32.8 Å². The SMILES string of the molecule is CC1=Nc2ncc(SCCCO)cc2C1(C)C. The summed E-state index contributed by atoms with van der Waals surface area (Å²) in [6.45, 7) is 6.67. The van der Waals surface area contributed by atoms with Gasteiger partial charge in [-0.25, -0.2) is 9.98 Å². The van der Waals surface area contributed by atoms with Crippen molar-refractivity contribution in [3.05, 3.63) is 17.8 Å². The molecule has 17 heavy (non-hydrogen) atoms. The minimum absolute atomic E-state index is 0.00409. The molecule has 4 heteroatoms. The van der Waals surface area contributed by atoms with Crippen LogP contribution < -0.4 is 0 Å². The number of aliphatic imine (C=N–C) groups is 1. The number of hydrogen-bond acceptors (Lipinski definition) is 4. The first-order chi connectivity index (χ1) is 8.05. The van der Waals surface area contributed by atoms with Crippen LogP contribution >= 0.6 is 11.8 Å². The zero-order valence-electron chi connectivity index (χ0n) is 10.5. The average Bonchev–Trinajstić information content (AvgIpc) is 2.51. The zero-order valence-corrected chi connectivity index (χ0v) is 11.3. The quantitative estimate of drug-likeness (QED) is 0.660. The van der Waals surface area contributed by atoms with Crippen molar-refractivity contribution in [2.24, 2.45) is 4.99 Å². The van der Waals surface area contributed by atoms with Crippen LogP contribution in [0.25, 0.3) is 0 Å². The number of aliphatic hydroxyl groups is 1. The first kappa shape index (κ1) is 12.6. The lowest BCUT2D eigenvalue weighted by Gasteiger charge is -2.19. The van der Waals surface area contributed by atoms with Gasteiger partial charge in [0.05, 0.1) is 0 Å². The molecule has 92 valence electrons. The summed E-state index contributed by atoms with van der Waals surface area (Å²) in [7, 11) is 0. The van der Waals surface area contributed by atoms with Gasteiger partial charge in [-0.2, -0.15) is 0 Å². The fourth-order valence-corrected chi connectivity index (χ4v) is 2.65. The third kappa shape index (κ3) is 2.38. The average molecular weight is 250 g/mol. The number of hydrogen-bond donors (Lipinski definition) is 1. The Hall–Kier alpha value is -0.870. The van der Waals surface area contributed by atoms with E-state index >= 15 is 0 Å². The fourth-order valence-electron chi connectivity index (χ4n) is 1.81. The number of pyridine rings is 1. The van der Waals surface area contributed by atoms with Gasteiger partial charge in [0.2, 0.25) is 0 Å². The lowest BCUT2D eigenvalue weighted by atomic mass is 9.83. The summed E-state index contributed by atoms with van der Waals surface area (Å²) in [5.74, 6) is 1.79. The Labute approximate surface area is 106 Å². The topological polar surface area (TPSA) is 45.5 Å². The normalized spacial score (nSPS) is 16.8. The molecule has 0 radical (unpaired) electrons. The Bertz CT molecular complexity index is 455. The van der Waals surface area contributed by atoms with E-state index in [0.717, 1.165) is 28.6 Å². The number of aliphatic hydroxyl groups excluding tert-OH is 1. The highest BCUT2D eigenvalue weighted by Gasteiger charge is 2.33. The van der Waals surface area contributed by atoms with Crippen molar-refractivity contribution in [2.45, 2.75) is 37.5 Å². The van der Waals surface area contributed by atoms with E-state index in [1.807, 2.05) is 6.20 Å². The van der Waals surface area contributed by atoms with Crippen LogP contribution in [0.3, 0.4) is 0 Å². The number of aromatic nitrogens is 1. The van der Waals surface area contributed by atoms with E-state index in [1.54, 1.807) is 11.8 Å². The highest BCUT2D eigenvalue weighted by atomic mass is 32.2. The van der Waals surface area contributed by atoms with Crippen molar-refractivity contribution in [1.29, 1.82) is 0 Å². The van der Waals surface area contributed by atoms with Crippen molar-refractivity contribution in [2.75, 3.05) is 12.4 Å². The van der Waals surface area contributed by atoms with Crippen molar-refractivity contribution < 1.29 is 5.11 Å². The molecule has 2 heterocycles. The molecule has 0 amide bonds. The van der Waals surface area contributed by atoms with Crippen molar-refractivity contribution in [3.63, 3.8) is 0 Å². The van der Waals surface area contributed by atoms with Gasteiger partial charge >= 0.3 is 0 Å². The van der Waals surface area contributed by atoms with E-state index in [2.05, 4.69) is 36.8 Å². The highest BCUT2D eigenvalue weighted by molar-refractivity contribution is 7.99. The molecule has 0 fully saturated rings. The Morgan fingerprint density at radius 1 is 1.41 bits per heavy atom. The molecule has 1 N–H and O–H groups in total. The molecule has 1 aromatic heterocycles. The predicted molar refractivity (Wildman–Crippen MR) is 72.5 cm³/mol. The molecule has 0 atom stereocenters. The maximum atomic E-state index is 8.77. The Morgan fingerprint density at radius 2 is 2.18 bits per heavy atom. The molecular formula is C13H18N2OS. The van der Waals surface area contributed by atoms with Crippen LogP contribution in [-0.4, -0.2) is 28.2 Å². The minimum Gasteiger partial charge on any atom is -0.396 e. The second-order valence-electron chi connectivity index (χ2n) is 4.79. The highest BCUT2D eigenvalue weighted by Crippen LogP contribution is 2.39. The zero-order chi connectivity index (χ0) is 12.5. The van der Waals surface area contributed by atoms with Crippen LogP contribution in [0.2, 0.25) is 0 Å². The smallest absolute Gasteiger partial charge is 0.155 e. The summed E-state index contributed by atoms with van der Waals surface area (Å²) in [5.41, 5.74) is 2.33. The largest absolute Gasteiger partial charge is 0.396 e. The number of nitrogens with zero attached hydrogens (tertiary/aromatic N) is 2. The van der Waals surface area contributed by atoms with Gasteiger partial charge in [-0.3, -0.25) is 0 Å². The van der Waals surface area contributed by atoms with Crippen LogP contribution in [-0.2, 0) is 5.41 Å². The van der Waals surface area contributed by atoms with E-state index in [-0.39, 0.29) is 12.0 Å². The third-order valence-electron chi connectivity index (χ3n) is 3.26. The van der Waals surface area contributed by atoms with Gasteiger partial charge in [0.25, 0.3) is 0 Å². The maximum absolute atomic E-state index is 8.77. The van der Waals surface area contributed by atoms with Gasteiger partial charge in [0, 0.05) is 40.1 Å². The Morgan fingerprint density at radius 3 is 2.88 bits per heavy atom. The summed E-state index contributed by atoms with van der Waals surface area (Å²) >= 11 is 1.74. The number of thioether (sulfide) groups is 1. The summed E-state index contributed by atoms with van der Waals surface area (Å²) in [6.07, 6.45) is 2.69. The summed E-state index contributed by atoms with van der Waals surface area (Å²) < 4.78 is 0. The Kier molecular flexibility index (Phi) is 3.54. The van der Waals surface area contributed by atoms with Crippen LogP contribution in [0.15, 0.2) is 22.2 Å². The standard InChI is InChI=1S/C13H18N2OS/c1-9-13(2,3)11-7-10(17-6-4-5-16)8-14-12(11)15-9/h7-8,16H,4-6H2,1-3H3. The fraction of sp³-hybridized carbons (Fsp3) is 0.538. The summed E-state index contributed by atoms with van der Waals surface area (Å²) in [4.78, 5) is 10.1. The monoisotopic (exact) mass is 250 g/mol. The van der Waals surface area contributed by atoms with Crippen molar-refractivity contribution in [3.8, 4) is 0 Å². The third-order valence-corrected chi connectivity index (χ3v) is 4.31. The van der Waals surface area contributed by atoms with E-state index in [0.29, 0.717) is 0 Å². The van der Waals surface area contributed by atoms with Gasteiger partial charge in [0.15, 0.2) is 5.82 Å². The molecule has 1 aliphatic heterocycles. The van der Waals surface area contributed by atoms with E-state index in [4.69, 9.17) is 5.11 Å². The van der Waals surface area contributed by atoms with Gasteiger partial charge in [-0.1, -0.05) is 13.8 Å². The molecule has 0 saturated carbocycles.